The number of alkyl halides is 3. The highest BCUT2D eigenvalue weighted by atomic mass is 19.4. The van der Waals surface area contributed by atoms with Crippen LogP contribution in [-0.4, -0.2) is 17.8 Å². The quantitative estimate of drug-likeness (QED) is 0.756. The van der Waals surface area contributed by atoms with Gasteiger partial charge in [0.1, 0.15) is 5.75 Å². The summed E-state index contributed by atoms with van der Waals surface area (Å²) < 4.78 is 39.9. The van der Waals surface area contributed by atoms with Crippen molar-refractivity contribution in [3.8, 4) is 5.75 Å². The third kappa shape index (κ3) is 3.64. The first-order valence-electron chi connectivity index (χ1n) is 4.15. The number of hydrogen-bond acceptors (Lipinski definition) is 2. The van der Waals surface area contributed by atoms with Gasteiger partial charge >= 0.3 is 6.18 Å². The molecular formula is C9H10F3NO. The Morgan fingerprint density at radius 3 is 2.64 bits per heavy atom. The first-order chi connectivity index (χ1) is 6.51. The molecule has 0 bridgehead atoms. The molecule has 14 heavy (non-hydrogen) atoms. The lowest BCUT2D eigenvalue weighted by Gasteiger charge is -2.09. The second-order valence-electron chi connectivity index (χ2n) is 2.79. The molecule has 1 rings (SSSR count). The molecule has 78 valence electrons. The number of aryl methyl sites for hydroxylation is 1. The highest BCUT2D eigenvalue weighted by molar-refractivity contribution is 5.23. The van der Waals surface area contributed by atoms with Crippen molar-refractivity contribution in [3.63, 3.8) is 0 Å². The van der Waals surface area contributed by atoms with Crippen LogP contribution in [0.3, 0.4) is 0 Å². The van der Waals surface area contributed by atoms with E-state index >= 15 is 0 Å². The lowest BCUT2D eigenvalue weighted by atomic mass is 10.2. The van der Waals surface area contributed by atoms with Crippen molar-refractivity contribution < 1.29 is 17.9 Å². The Morgan fingerprint density at radius 1 is 1.36 bits per heavy atom. The molecule has 0 aromatic carbocycles. The summed E-state index contributed by atoms with van der Waals surface area (Å²) >= 11 is 0. The van der Waals surface area contributed by atoms with Crippen LogP contribution in [0, 0.1) is 0 Å². The Bertz CT molecular complexity index is 298. The predicted octanol–water partition coefficient (Wildman–Crippen LogP) is 2.59. The van der Waals surface area contributed by atoms with E-state index in [9.17, 15) is 13.2 Å². The SMILES string of the molecule is CCc1cncc(OCC(F)(F)F)c1. The van der Waals surface area contributed by atoms with Crippen molar-refractivity contribution in [1.82, 2.24) is 4.98 Å². The summed E-state index contributed by atoms with van der Waals surface area (Å²) in [6, 6.07) is 1.55. The molecule has 0 saturated heterocycles. The Morgan fingerprint density at radius 2 is 2.07 bits per heavy atom. The third-order valence-corrected chi connectivity index (χ3v) is 1.58. The zero-order valence-corrected chi connectivity index (χ0v) is 7.64. The van der Waals surface area contributed by atoms with Gasteiger partial charge in [-0.05, 0) is 18.1 Å². The van der Waals surface area contributed by atoms with E-state index in [4.69, 9.17) is 0 Å². The van der Waals surface area contributed by atoms with Crippen LogP contribution in [0.15, 0.2) is 18.5 Å². The first kappa shape index (κ1) is 10.8. The van der Waals surface area contributed by atoms with Crippen molar-refractivity contribution in [1.29, 1.82) is 0 Å². The number of ether oxygens (including phenoxy) is 1. The molecule has 0 fully saturated rings. The van der Waals surface area contributed by atoms with Crippen LogP contribution in [0.2, 0.25) is 0 Å². The van der Waals surface area contributed by atoms with Crippen LogP contribution in [0.1, 0.15) is 12.5 Å². The summed E-state index contributed by atoms with van der Waals surface area (Å²) in [5.74, 6) is 0.154. The molecule has 2 nitrogen and oxygen atoms in total. The lowest BCUT2D eigenvalue weighted by Crippen LogP contribution is -2.19. The molecule has 5 heteroatoms. The normalized spacial score (nSPS) is 11.4. The van der Waals surface area contributed by atoms with Crippen LogP contribution < -0.4 is 4.74 Å². The molecule has 0 atom stereocenters. The van der Waals surface area contributed by atoms with E-state index in [2.05, 4.69) is 9.72 Å². The van der Waals surface area contributed by atoms with Crippen molar-refractivity contribution in [3.05, 3.63) is 24.0 Å². The summed E-state index contributed by atoms with van der Waals surface area (Å²) in [6.45, 7) is 0.617. The molecule has 1 aromatic heterocycles. The number of pyridine rings is 1. The van der Waals surface area contributed by atoms with Gasteiger partial charge in [0.2, 0.25) is 0 Å². The van der Waals surface area contributed by atoms with E-state index in [1.807, 2.05) is 6.92 Å². The maximum atomic E-state index is 11.8. The van der Waals surface area contributed by atoms with Gasteiger partial charge in [-0.3, -0.25) is 4.98 Å². The predicted molar refractivity (Wildman–Crippen MR) is 45.2 cm³/mol. The van der Waals surface area contributed by atoms with E-state index in [1.165, 1.54) is 6.20 Å². The maximum Gasteiger partial charge on any atom is 0.422 e. The van der Waals surface area contributed by atoms with Gasteiger partial charge in [0.05, 0.1) is 6.20 Å². The van der Waals surface area contributed by atoms with Crippen molar-refractivity contribution in [2.24, 2.45) is 0 Å². The fraction of sp³-hybridized carbons (Fsp3) is 0.444. The molecule has 0 spiro atoms. The number of rotatable bonds is 3. The summed E-state index contributed by atoms with van der Waals surface area (Å²) in [6.07, 6.45) is -0.718. The highest BCUT2D eigenvalue weighted by Crippen LogP contribution is 2.18. The molecule has 0 radical (unpaired) electrons. The van der Waals surface area contributed by atoms with Gasteiger partial charge in [-0.15, -0.1) is 0 Å². The second-order valence-corrected chi connectivity index (χ2v) is 2.79. The van der Waals surface area contributed by atoms with E-state index in [0.29, 0.717) is 0 Å². The molecule has 0 unspecified atom stereocenters. The molecule has 1 heterocycles. The third-order valence-electron chi connectivity index (χ3n) is 1.58. The number of nitrogens with zero attached hydrogens (tertiary/aromatic N) is 1. The van der Waals surface area contributed by atoms with Gasteiger partial charge in [0.15, 0.2) is 6.61 Å². The second kappa shape index (κ2) is 4.30. The van der Waals surface area contributed by atoms with Crippen LogP contribution in [0.4, 0.5) is 13.2 Å². The van der Waals surface area contributed by atoms with Gasteiger partial charge < -0.3 is 4.74 Å². The molecular weight excluding hydrogens is 195 g/mol. The molecule has 0 aliphatic rings. The van der Waals surface area contributed by atoms with Crippen molar-refractivity contribution >= 4 is 0 Å². The molecule has 0 aliphatic carbocycles. The van der Waals surface area contributed by atoms with Gasteiger partial charge in [-0.1, -0.05) is 6.92 Å². The molecule has 0 N–H and O–H groups in total. The van der Waals surface area contributed by atoms with Crippen LogP contribution in [0.5, 0.6) is 5.75 Å². The minimum Gasteiger partial charge on any atom is -0.482 e. The van der Waals surface area contributed by atoms with Gasteiger partial charge in [0.25, 0.3) is 0 Å². The van der Waals surface area contributed by atoms with E-state index < -0.39 is 12.8 Å². The average molecular weight is 205 g/mol. The lowest BCUT2D eigenvalue weighted by molar-refractivity contribution is -0.153. The van der Waals surface area contributed by atoms with Crippen molar-refractivity contribution in [2.75, 3.05) is 6.61 Å². The Hall–Kier alpha value is -1.26. The van der Waals surface area contributed by atoms with Gasteiger partial charge in [0, 0.05) is 6.20 Å². The molecule has 0 aliphatic heterocycles. The van der Waals surface area contributed by atoms with E-state index in [0.717, 1.165) is 12.0 Å². The highest BCUT2D eigenvalue weighted by Gasteiger charge is 2.28. The summed E-state index contributed by atoms with van der Waals surface area (Å²) in [5, 5.41) is 0. The molecule has 0 saturated carbocycles. The molecule has 0 amide bonds. The summed E-state index contributed by atoms with van der Waals surface area (Å²) in [7, 11) is 0. The fourth-order valence-electron chi connectivity index (χ4n) is 0.901. The van der Waals surface area contributed by atoms with Crippen LogP contribution in [-0.2, 0) is 6.42 Å². The number of hydrogen-bond donors (Lipinski definition) is 0. The first-order valence-corrected chi connectivity index (χ1v) is 4.15. The van der Waals surface area contributed by atoms with Crippen LogP contribution in [0.25, 0.3) is 0 Å². The smallest absolute Gasteiger partial charge is 0.422 e. The monoisotopic (exact) mass is 205 g/mol. The largest absolute Gasteiger partial charge is 0.482 e. The number of halogens is 3. The average Bonchev–Trinajstić information content (AvgIpc) is 2.14. The Balaban J connectivity index is 2.59. The zero-order valence-electron chi connectivity index (χ0n) is 7.64. The maximum absolute atomic E-state index is 11.8. The summed E-state index contributed by atoms with van der Waals surface area (Å²) in [4.78, 5) is 3.76. The molecule has 1 aromatic rings. The number of aromatic nitrogens is 1. The van der Waals surface area contributed by atoms with Crippen LogP contribution >= 0.6 is 0 Å². The van der Waals surface area contributed by atoms with E-state index in [-0.39, 0.29) is 5.75 Å². The minimum absolute atomic E-state index is 0.154. The standard InChI is InChI=1S/C9H10F3NO/c1-2-7-3-8(5-13-4-7)14-6-9(10,11)12/h3-5H,2,6H2,1H3. The van der Waals surface area contributed by atoms with E-state index in [1.54, 1.807) is 12.3 Å². The fourth-order valence-corrected chi connectivity index (χ4v) is 0.901. The Kier molecular flexibility index (Phi) is 3.33. The summed E-state index contributed by atoms with van der Waals surface area (Å²) in [5.41, 5.74) is 0.852. The van der Waals surface area contributed by atoms with Gasteiger partial charge in [-0.25, -0.2) is 0 Å². The van der Waals surface area contributed by atoms with Gasteiger partial charge in [-0.2, -0.15) is 13.2 Å². The zero-order chi connectivity index (χ0) is 10.6. The van der Waals surface area contributed by atoms with Crippen molar-refractivity contribution in [2.45, 2.75) is 19.5 Å². The topological polar surface area (TPSA) is 22.1 Å². The Labute approximate surface area is 79.7 Å². The minimum atomic E-state index is -4.30.